The molecule has 0 bridgehead atoms. The molecule has 1 aromatic rings. The molecule has 24 heavy (non-hydrogen) atoms. The van der Waals surface area contributed by atoms with Crippen molar-refractivity contribution in [3.63, 3.8) is 0 Å². The van der Waals surface area contributed by atoms with E-state index < -0.39 is 5.82 Å². The molecule has 0 aliphatic carbocycles. The number of halogens is 1. The zero-order valence-corrected chi connectivity index (χ0v) is 13.7. The van der Waals surface area contributed by atoms with Crippen LogP contribution in [0.3, 0.4) is 0 Å². The van der Waals surface area contributed by atoms with Crippen LogP contribution in [-0.2, 0) is 0 Å². The Hall–Kier alpha value is -2.46. The van der Waals surface area contributed by atoms with Crippen molar-refractivity contribution in [2.75, 3.05) is 13.1 Å². The van der Waals surface area contributed by atoms with Crippen molar-refractivity contribution in [1.29, 1.82) is 5.26 Å². The lowest BCUT2D eigenvalue weighted by Crippen LogP contribution is -2.59. The van der Waals surface area contributed by atoms with Crippen LogP contribution >= 0.6 is 0 Å². The van der Waals surface area contributed by atoms with E-state index in [1.165, 1.54) is 17.1 Å². The topological polar surface area (TPSA) is 71.7 Å². The number of rotatable bonds is 1. The summed E-state index contributed by atoms with van der Waals surface area (Å²) in [6.45, 7) is 5.45. The number of piperazine rings is 1. The number of hydrogen-bond acceptors (Lipinski definition) is 4. The van der Waals surface area contributed by atoms with Crippen molar-refractivity contribution in [3.8, 4) is 6.07 Å². The van der Waals surface area contributed by atoms with Gasteiger partial charge < -0.3 is 10.2 Å². The molecule has 3 rings (SSSR count). The van der Waals surface area contributed by atoms with Crippen LogP contribution in [0.4, 0.5) is 9.18 Å². The van der Waals surface area contributed by atoms with Crippen LogP contribution < -0.4 is 5.32 Å². The number of carbonyl (C=O) groups excluding carboxylic acids is 1. The van der Waals surface area contributed by atoms with Gasteiger partial charge in [-0.2, -0.15) is 10.4 Å². The first-order valence-electron chi connectivity index (χ1n) is 8.06. The summed E-state index contributed by atoms with van der Waals surface area (Å²) in [6.07, 6.45) is 2.17. The van der Waals surface area contributed by atoms with E-state index in [2.05, 4.69) is 10.4 Å². The van der Waals surface area contributed by atoms with Gasteiger partial charge >= 0.3 is 6.03 Å². The minimum atomic E-state index is -0.479. The smallest absolute Gasteiger partial charge is 0.315 e. The summed E-state index contributed by atoms with van der Waals surface area (Å²) in [5.74, 6) is -0.479. The summed E-state index contributed by atoms with van der Waals surface area (Å²) >= 11 is 0. The van der Waals surface area contributed by atoms with E-state index in [1.807, 2.05) is 24.8 Å². The molecule has 7 heteroatoms. The third kappa shape index (κ3) is 2.97. The maximum absolute atomic E-state index is 13.8. The third-order valence-corrected chi connectivity index (χ3v) is 4.51. The van der Waals surface area contributed by atoms with E-state index in [0.717, 1.165) is 13.1 Å². The number of benzene rings is 1. The second-order valence-electron chi connectivity index (χ2n) is 6.33. The summed E-state index contributed by atoms with van der Waals surface area (Å²) in [6, 6.07) is 5.67. The van der Waals surface area contributed by atoms with Crippen molar-refractivity contribution in [2.24, 2.45) is 5.10 Å². The fourth-order valence-electron chi connectivity index (χ4n) is 3.37. The Morgan fingerprint density at radius 1 is 1.33 bits per heavy atom. The second kappa shape index (κ2) is 6.57. The number of nitrogens with zero attached hydrogens (tertiary/aromatic N) is 4. The zero-order chi connectivity index (χ0) is 17.3. The van der Waals surface area contributed by atoms with Gasteiger partial charge in [0.2, 0.25) is 0 Å². The van der Waals surface area contributed by atoms with Crippen LogP contribution in [0.15, 0.2) is 23.3 Å². The maximum atomic E-state index is 13.8. The molecule has 1 fully saturated rings. The first-order valence-corrected chi connectivity index (χ1v) is 8.06. The Bertz CT molecular complexity index is 703. The number of hydrazone groups is 1. The quantitative estimate of drug-likeness (QED) is 0.859. The number of carbonyl (C=O) groups is 1. The molecular formula is C17H20FN5O. The molecule has 1 N–H and O–H groups in total. The van der Waals surface area contributed by atoms with Gasteiger partial charge in [-0.25, -0.2) is 14.2 Å². The van der Waals surface area contributed by atoms with E-state index in [0.29, 0.717) is 12.0 Å². The average molecular weight is 329 g/mol. The van der Waals surface area contributed by atoms with Gasteiger partial charge in [-0.15, -0.1) is 0 Å². The van der Waals surface area contributed by atoms with Crippen LogP contribution in [0.5, 0.6) is 0 Å². The number of nitriles is 1. The lowest BCUT2D eigenvalue weighted by atomic mass is 10.0. The van der Waals surface area contributed by atoms with Gasteiger partial charge in [0.1, 0.15) is 5.82 Å². The first kappa shape index (κ1) is 16.4. The van der Waals surface area contributed by atoms with Gasteiger partial charge in [-0.05, 0) is 37.6 Å². The molecule has 1 aromatic carbocycles. The van der Waals surface area contributed by atoms with Crippen molar-refractivity contribution in [2.45, 2.75) is 38.4 Å². The highest BCUT2D eigenvalue weighted by Crippen LogP contribution is 2.31. The fourth-order valence-corrected chi connectivity index (χ4v) is 3.37. The van der Waals surface area contributed by atoms with Crippen LogP contribution in [0, 0.1) is 17.1 Å². The summed E-state index contributed by atoms with van der Waals surface area (Å²) in [5, 5.41) is 17.9. The van der Waals surface area contributed by atoms with Crippen molar-refractivity contribution >= 4 is 12.2 Å². The number of amides is 2. The SMILES string of the molecule is C[C@@H]1CNC[C@H](C)N1C(=O)N1N=CCC1c1cc(F)cc(C#N)c1. The monoisotopic (exact) mass is 329 g/mol. The van der Waals surface area contributed by atoms with Crippen molar-refractivity contribution < 1.29 is 9.18 Å². The highest BCUT2D eigenvalue weighted by Gasteiger charge is 2.37. The molecule has 6 nitrogen and oxygen atoms in total. The average Bonchev–Trinajstić information content (AvgIpc) is 3.03. The molecule has 3 atom stereocenters. The van der Waals surface area contributed by atoms with E-state index in [9.17, 15) is 9.18 Å². The fraction of sp³-hybridized carbons (Fsp3) is 0.471. The number of nitrogens with one attached hydrogen (secondary N) is 1. The van der Waals surface area contributed by atoms with Crippen LogP contribution in [0.25, 0.3) is 0 Å². The van der Waals surface area contributed by atoms with Crippen LogP contribution in [0.1, 0.15) is 37.4 Å². The molecule has 2 heterocycles. The Morgan fingerprint density at radius 3 is 2.71 bits per heavy atom. The normalized spacial score (nSPS) is 26.5. The van der Waals surface area contributed by atoms with Gasteiger partial charge in [0.25, 0.3) is 0 Å². The van der Waals surface area contributed by atoms with Gasteiger partial charge in [0.05, 0.1) is 17.7 Å². The molecule has 0 aromatic heterocycles. The van der Waals surface area contributed by atoms with E-state index in [4.69, 9.17) is 5.26 Å². The van der Waals surface area contributed by atoms with E-state index in [1.54, 1.807) is 12.3 Å². The lowest BCUT2D eigenvalue weighted by Gasteiger charge is -2.41. The highest BCUT2D eigenvalue weighted by molar-refractivity contribution is 5.79. The Morgan fingerprint density at radius 2 is 2.04 bits per heavy atom. The number of urea groups is 1. The van der Waals surface area contributed by atoms with E-state index >= 15 is 0 Å². The van der Waals surface area contributed by atoms with Crippen LogP contribution in [-0.4, -0.2) is 47.3 Å². The predicted molar refractivity (Wildman–Crippen MR) is 87.8 cm³/mol. The Kier molecular flexibility index (Phi) is 4.49. The lowest BCUT2D eigenvalue weighted by molar-refractivity contribution is 0.0921. The summed E-state index contributed by atoms with van der Waals surface area (Å²) in [5.41, 5.74) is 0.834. The Labute approximate surface area is 140 Å². The summed E-state index contributed by atoms with van der Waals surface area (Å²) < 4.78 is 13.8. The molecule has 1 saturated heterocycles. The molecule has 126 valence electrons. The van der Waals surface area contributed by atoms with Crippen LogP contribution in [0.2, 0.25) is 0 Å². The minimum Gasteiger partial charge on any atom is -0.315 e. The van der Waals surface area contributed by atoms with Gasteiger partial charge in [0.15, 0.2) is 0 Å². The molecule has 2 amide bonds. The highest BCUT2D eigenvalue weighted by atomic mass is 19.1. The molecular weight excluding hydrogens is 309 g/mol. The molecule has 0 spiro atoms. The molecule has 2 aliphatic heterocycles. The second-order valence-corrected chi connectivity index (χ2v) is 6.33. The van der Waals surface area contributed by atoms with Crippen molar-refractivity contribution in [1.82, 2.24) is 15.2 Å². The predicted octanol–water partition coefficient (Wildman–Crippen LogP) is 2.23. The van der Waals surface area contributed by atoms with Gasteiger partial charge in [-0.3, -0.25) is 0 Å². The van der Waals surface area contributed by atoms with Gasteiger partial charge in [0, 0.05) is 37.8 Å². The molecule has 1 unspecified atom stereocenters. The molecule has 0 saturated carbocycles. The summed E-state index contributed by atoms with van der Waals surface area (Å²) in [4.78, 5) is 14.8. The summed E-state index contributed by atoms with van der Waals surface area (Å²) in [7, 11) is 0. The molecule has 0 radical (unpaired) electrons. The third-order valence-electron chi connectivity index (χ3n) is 4.51. The molecule has 2 aliphatic rings. The standard InChI is InChI=1S/C17H20FN5O/c1-11-9-20-10-12(2)22(11)17(24)23-16(3-4-21-23)14-5-13(8-19)6-15(18)7-14/h4-7,11-12,16,20H,3,9-10H2,1-2H3/t11-,12+,16?. The Balaban J connectivity index is 1.88. The van der Waals surface area contributed by atoms with Crippen molar-refractivity contribution in [3.05, 3.63) is 35.1 Å². The maximum Gasteiger partial charge on any atom is 0.341 e. The zero-order valence-electron chi connectivity index (χ0n) is 13.7. The minimum absolute atomic E-state index is 0.0554. The largest absolute Gasteiger partial charge is 0.341 e. The van der Waals surface area contributed by atoms with Gasteiger partial charge in [-0.1, -0.05) is 0 Å². The first-order chi connectivity index (χ1) is 11.5. The number of hydrogen-bond donors (Lipinski definition) is 1. The van der Waals surface area contributed by atoms with E-state index in [-0.39, 0.29) is 29.7 Å².